The molecule has 1 spiro atoms. The highest BCUT2D eigenvalue weighted by Gasteiger charge is 2.50. The van der Waals surface area contributed by atoms with Crippen molar-refractivity contribution in [2.45, 2.75) is 31.7 Å². The fraction of sp³-hybridized carbons (Fsp3) is 0.588. The van der Waals surface area contributed by atoms with Crippen LogP contribution < -0.4 is 4.90 Å². The van der Waals surface area contributed by atoms with Crippen molar-refractivity contribution < 1.29 is 0 Å². The van der Waals surface area contributed by atoms with E-state index in [1.54, 1.807) is 6.33 Å². The summed E-state index contributed by atoms with van der Waals surface area (Å²) in [7, 11) is 0. The molecule has 4 heterocycles. The van der Waals surface area contributed by atoms with Crippen LogP contribution >= 0.6 is 0 Å². The fourth-order valence-electron chi connectivity index (χ4n) is 4.44. The molecule has 2 atom stereocenters. The second-order valence-corrected chi connectivity index (χ2v) is 6.80. The van der Waals surface area contributed by atoms with Crippen molar-refractivity contribution in [3.05, 3.63) is 18.6 Å². The summed E-state index contributed by atoms with van der Waals surface area (Å²) in [6, 6.07) is 4.36. The molecule has 120 valence electrons. The topological polar surface area (TPSA) is 71.8 Å². The second kappa shape index (κ2) is 5.50. The average Bonchev–Trinajstić information content (AvgIpc) is 3.27. The number of hydrogen-bond donors (Lipinski definition) is 1. The number of aromatic nitrogens is 3. The standard InChI is InChI=1S/C17H22N6/c1-13-4-9-23(8-2-6-18)17(13)5-10-22(11-17)16-14-3-7-19-15(14)20-12-21-16/h3,7,12-13H,2,4-5,8-11H2,1H3,(H,19,20,21). The molecule has 0 aromatic carbocycles. The van der Waals surface area contributed by atoms with Crippen molar-refractivity contribution in [1.29, 1.82) is 5.26 Å². The Balaban J connectivity index is 1.63. The highest BCUT2D eigenvalue weighted by atomic mass is 15.3. The number of H-pyrrole nitrogens is 1. The summed E-state index contributed by atoms with van der Waals surface area (Å²) in [5.41, 5.74) is 1.10. The Labute approximate surface area is 136 Å². The Hall–Kier alpha value is -2.13. The van der Waals surface area contributed by atoms with Gasteiger partial charge in [-0.05, 0) is 31.4 Å². The molecule has 0 amide bonds. The molecule has 2 aliphatic heterocycles. The van der Waals surface area contributed by atoms with Crippen molar-refractivity contribution in [2.24, 2.45) is 5.92 Å². The van der Waals surface area contributed by atoms with E-state index in [0.29, 0.717) is 12.3 Å². The third-order valence-corrected chi connectivity index (χ3v) is 5.78. The molecule has 2 unspecified atom stereocenters. The molecule has 0 saturated carbocycles. The van der Waals surface area contributed by atoms with Gasteiger partial charge in [0.15, 0.2) is 0 Å². The molecule has 2 saturated heterocycles. The van der Waals surface area contributed by atoms with Crippen molar-refractivity contribution in [3.63, 3.8) is 0 Å². The summed E-state index contributed by atoms with van der Waals surface area (Å²) in [6.07, 6.45) is 6.55. The molecule has 6 heteroatoms. The molecular weight excluding hydrogens is 288 g/mol. The number of aromatic amines is 1. The molecule has 2 aromatic rings. The lowest BCUT2D eigenvalue weighted by molar-refractivity contribution is 0.130. The maximum absolute atomic E-state index is 8.94. The van der Waals surface area contributed by atoms with Gasteiger partial charge in [-0.1, -0.05) is 6.92 Å². The zero-order valence-electron chi connectivity index (χ0n) is 13.5. The van der Waals surface area contributed by atoms with Gasteiger partial charge in [0.1, 0.15) is 17.8 Å². The quantitative estimate of drug-likeness (QED) is 0.940. The number of nitrogens with zero attached hydrogens (tertiary/aromatic N) is 5. The van der Waals surface area contributed by atoms with Gasteiger partial charge in [-0.2, -0.15) is 5.26 Å². The van der Waals surface area contributed by atoms with Crippen LogP contribution in [0.5, 0.6) is 0 Å². The number of hydrogen-bond acceptors (Lipinski definition) is 5. The number of nitrogens with one attached hydrogen (secondary N) is 1. The first-order valence-corrected chi connectivity index (χ1v) is 8.39. The number of nitriles is 1. The van der Waals surface area contributed by atoms with E-state index in [4.69, 9.17) is 5.26 Å². The number of likely N-dealkylation sites (tertiary alicyclic amines) is 1. The molecule has 6 nitrogen and oxygen atoms in total. The molecule has 0 radical (unpaired) electrons. The zero-order valence-corrected chi connectivity index (χ0v) is 13.5. The zero-order chi connectivity index (χ0) is 15.9. The number of fused-ring (bicyclic) bond motifs is 1. The van der Waals surface area contributed by atoms with Crippen LogP contribution in [0.15, 0.2) is 18.6 Å². The van der Waals surface area contributed by atoms with E-state index in [2.05, 4.69) is 43.8 Å². The number of anilines is 1. The molecule has 23 heavy (non-hydrogen) atoms. The van der Waals surface area contributed by atoms with Crippen LogP contribution in [0, 0.1) is 17.2 Å². The van der Waals surface area contributed by atoms with Crippen molar-refractivity contribution in [1.82, 2.24) is 19.9 Å². The Morgan fingerprint density at radius 3 is 3.22 bits per heavy atom. The van der Waals surface area contributed by atoms with Gasteiger partial charge in [0.25, 0.3) is 0 Å². The third kappa shape index (κ3) is 2.19. The summed E-state index contributed by atoms with van der Waals surface area (Å²) in [5.74, 6) is 1.70. The van der Waals surface area contributed by atoms with E-state index in [0.717, 1.165) is 49.5 Å². The summed E-state index contributed by atoms with van der Waals surface area (Å²) in [6.45, 7) is 6.38. The largest absolute Gasteiger partial charge is 0.354 e. The maximum atomic E-state index is 8.94. The van der Waals surface area contributed by atoms with Gasteiger partial charge in [0.05, 0.1) is 11.5 Å². The summed E-state index contributed by atoms with van der Waals surface area (Å²) >= 11 is 0. The molecular formula is C17H22N6. The molecule has 2 fully saturated rings. The van der Waals surface area contributed by atoms with Gasteiger partial charge >= 0.3 is 0 Å². The van der Waals surface area contributed by atoms with Gasteiger partial charge in [0.2, 0.25) is 0 Å². The average molecular weight is 310 g/mol. The smallest absolute Gasteiger partial charge is 0.142 e. The fourth-order valence-corrected chi connectivity index (χ4v) is 4.44. The molecule has 1 N–H and O–H groups in total. The highest BCUT2D eigenvalue weighted by molar-refractivity contribution is 5.87. The van der Waals surface area contributed by atoms with E-state index in [9.17, 15) is 0 Å². The van der Waals surface area contributed by atoms with E-state index in [1.165, 1.54) is 6.42 Å². The van der Waals surface area contributed by atoms with E-state index < -0.39 is 0 Å². The van der Waals surface area contributed by atoms with Crippen LogP contribution in [0.1, 0.15) is 26.2 Å². The number of rotatable bonds is 3. The molecule has 0 bridgehead atoms. The van der Waals surface area contributed by atoms with Crippen LogP contribution in [0.25, 0.3) is 11.0 Å². The molecule has 4 rings (SSSR count). The van der Waals surface area contributed by atoms with Crippen LogP contribution in [-0.4, -0.2) is 51.6 Å². The van der Waals surface area contributed by atoms with Gasteiger partial charge in [-0.3, -0.25) is 4.90 Å². The monoisotopic (exact) mass is 310 g/mol. The van der Waals surface area contributed by atoms with Crippen molar-refractivity contribution in [3.8, 4) is 6.07 Å². The van der Waals surface area contributed by atoms with Crippen LogP contribution in [0.4, 0.5) is 5.82 Å². The molecule has 2 aliphatic rings. The minimum atomic E-state index is 0.199. The van der Waals surface area contributed by atoms with Crippen LogP contribution in [0.3, 0.4) is 0 Å². The third-order valence-electron chi connectivity index (χ3n) is 5.78. The predicted octanol–water partition coefficient (Wildman–Crippen LogP) is 2.16. The lowest BCUT2D eigenvalue weighted by Gasteiger charge is -2.38. The van der Waals surface area contributed by atoms with Crippen molar-refractivity contribution >= 4 is 16.9 Å². The Morgan fingerprint density at radius 2 is 2.35 bits per heavy atom. The highest BCUT2D eigenvalue weighted by Crippen LogP contribution is 2.43. The van der Waals surface area contributed by atoms with Gasteiger partial charge < -0.3 is 9.88 Å². The minimum absolute atomic E-state index is 0.199. The first-order valence-electron chi connectivity index (χ1n) is 8.39. The van der Waals surface area contributed by atoms with E-state index in [-0.39, 0.29) is 5.54 Å². The normalized spacial score (nSPS) is 28.0. The Bertz CT molecular complexity index is 747. The predicted molar refractivity (Wildman–Crippen MR) is 89.0 cm³/mol. The molecule has 2 aromatic heterocycles. The minimum Gasteiger partial charge on any atom is -0.354 e. The first kappa shape index (κ1) is 14.5. The maximum Gasteiger partial charge on any atom is 0.142 e. The van der Waals surface area contributed by atoms with Gasteiger partial charge in [-0.15, -0.1) is 0 Å². The summed E-state index contributed by atoms with van der Waals surface area (Å²) < 4.78 is 0. The van der Waals surface area contributed by atoms with Crippen LogP contribution in [0.2, 0.25) is 0 Å². The van der Waals surface area contributed by atoms with Gasteiger partial charge in [0, 0.05) is 37.8 Å². The summed E-state index contributed by atoms with van der Waals surface area (Å²) in [4.78, 5) is 17.0. The van der Waals surface area contributed by atoms with Crippen LogP contribution in [-0.2, 0) is 0 Å². The van der Waals surface area contributed by atoms with E-state index >= 15 is 0 Å². The first-order chi connectivity index (χ1) is 11.2. The Morgan fingerprint density at radius 1 is 1.43 bits per heavy atom. The van der Waals surface area contributed by atoms with Crippen molar-refractivity contribution in [2.75, 3.05) is 31.1 Å². The Kier molecular flexibility index (Phi) is 3.46. The lowest BCUT2D eigenvalue weighted by Crippen LogP contribution is -2.49. The lowest BCUT2D eigenvalue weighted by atomic mass is 9.85. The second-order valence-electron chi connectivity index (χ2n) is 6.80. The summed E-state index contributed by atoms with van der Waals surface area (Å²) in [5, 5.41) is 10.0. The van der Waals surface area contributed by atoms with Gasteiger partial charge in [-0.25, -0.2) is 9.97 Å². The molecule has 0 aliphatic carbocycles. The van der Waals surface area contributed by atoms with E-state index in [1.807, 2.05) is 6.20 Å². The SMILES string of the molecule is CC1CCN(CCC#N)C12CCN(c1ncnc3[nH]ccc13)C2.